The van der Waals surface area contributed by atoms with Gasteiger partial charge in [-0.25, -0.2) is 13.1 Å². The molecule has 21 heavy (non-hydrogen) atoms. The van der Waals surface area contributed by atoms with E-state index in [4.69, 9.17) is 10.5 Å². The monoisotopic (exact) mass is 312 g/mol. The van der Waals surface area contributed by atoms with E-state index in [1.807, 2.05) is 6.07 Å². The number of anilines is 1. The maximum atomic E-state index is 12.1. The molecular formula is C15H24N2O3S. The summed E-state index contributed by atoms with van der Waals surface area (Å²) in [6.45, 7) is 0.267. The fraction of sp³-hybridized carbons (Fsp3) is 0.600. The lowest BCUT2D eigenvalue weighted by Gasteiger charge is -2.21. The lowest BCUT2D eigenvalue weighted by atomic mass is 9.91. The van der Waals surface area contributed by atoms with Crippen molar-refractivity contribution < 1.29 is 13.2 Å². The molecule has 6 heteroatoms. The number of nitrogens with one attached hydrogen (secondary N) is 1. The highest BCUT2D eigenvalue weighted by molar-refractivity contribution is 7.89. The second-order valence-electron chi connectivity index (χ2n) is 5.68. The highest BCUT2D eigenvalue weighted by Crippen LogP contribution is 2.25. The zero-order valence-electron chi connectivity index (χ0n) is 12.5. The number of methoxy groups -OCH3 is 1. The van der Waals surface area contributed by atoms with Crippen LogP contribution in [0.15, 0.2) is 18.2 Å². The van der Waals surface area contributed by atoms with E-state index >= 15 is 0 Å². The summed E-state index contributed by atoms with van der Waals surface area (Å²) < 4.78 is 32.0. The van der Waals surface area contributed by atoms with Crippen LogP contribution in [-0.2, 0) is 16.6 Å². The van der Waals surface area contributed by atoms with E-state index in [0.717, 1.165) is 31.2 Å². The van der Waals surface area contributed by atoms with Crippen LogP contribution in [0, 0.1) is 5.92 Å². The molecule has 2 rings (SSSR count). The number of rotatable bonds is 6. The van der Waals surface area contributed by atoms with Gasteiger partial charge in [-0.3, -0.25) is 0 Å². The first kappa shape index (κ1) is 16.1. The van der Waals surface area contributed by atoms with Gasteiger partial charge in [-0.05, 0) is 36.5 Å². The molecule has 1 aromatic carbocycles. The van der Waals surface area contributed by atoms with E-state index in [9.17, 15) is 8.42 Å². The average Bonchev–Trinajstić information content (AvgIpc) is 2.46. The molecule has 0 heterocycles. The number of nitrogens with two attached hydrogens (primary N) is 1. The van der Waals surface area contributed by atoms with E-state index in [1.165, 1.54) is 6.42 Å². The number of ether oxygens (including phenoxy) is 1. The molecule has 0 aromatic heterocycles. The van der Waals surface area contributed by atoms with Crippen molar-refractivity contribution in [2.24, 2.45) is 5.92 Å². The van der Waals surface area contributed by atoms with E-state index in [-0.39, 0.29) is 12.3 Å². The van der Waals surface area contributed by atoms with Crippen molar-refractivity contribution in [2.45, 2.75) is 38.6 Å². The molecule has 0 bridgehead atoms. The van der Waals surface area contributed by atoms with Crippen LogP contribution in [-0.4, -0.2) is 21.3 Å². The minimum atomic E-state index is -3.23. The van der Waals surface area contributed by atoms with Crippen LogP contribution in [0.4, 0.5) is 5.69 Å². The summed E-state index contributed by atoms with van der Waals surface area (Å²) in [6, 6.07) is 5.31. The predicted molar refractivity (Wildman–Crippen MR) is 84.6 cm³/mol. The number of hydrogen-bond acceptors (Lipinski definition) is 4. The third kappa shape index (κ3) is 4.89. The molecule has 0 saturated heterocycles. The van der Waals surface area contributed by atoms with E-state index in [2.05, 4.69) is 4.72 Å². The van der Waals surface area contributed by atoms with Crippen LogP contribution in [0.1, 0.15) is 37.7 Å². The highest BCUT2D eigenvalue weighted by atomic mass is 32.2. The summed E-state index contributed by atoms with van der Waals surface area (Å²) in [5.74, 6) is 1.14. The molecule has 1 aromatic rings. The van der Waals surface area contributed by atoms with E-state index < -0.39 is 10.0 Å². The van der Waals surface area contributed by atoms with Crippen molar-refractivity contribution in [3.8, 4) is 5.75 Å². The number of nitrogen functional groups attached to an aromatic ring is 1. The second kappa shape index (κ2) is 7.13. The molecule has 3 N–H and O–H groups in total. The Kier molecular flexibility index (Phi) is 5.47. The summed E-state index contributed by atoms with van der Waals surface area (Å²) >= 11 is 0. The van der Waals surface area contributed by atoms with Crippen LogP contribution < -0.4 is 15.2 Å². The van der Waals surface area contributed by atoms with Gasteiger partial charge in [-0.1, -0.05) is 25.3 Å². The topological polar surface area (TPSA) is 81.4 Å². The summed E-state index contributed by atoms with van der Waals surface area (Å²) in [5, 5.41) is 0. The maximum absolute atomic E-state index is 12.1. The van der Waals surface area contributed by atoms with Gasteiger partial charge in [0, 0.05) is 6.54 Å². The van der Waals surface area contributed by atoms with Gasteiger partial charge >= 0.3 is 0 Å². The van der Waals surface area contributed by atoms with Crippen molar-refractivity contribution in [2.75, 3.05) is 18.6 Å². The normalized spacial score (nSPS) is 16.8. The smallest absolute Gasteiger partial charge is 0.212 e. The first-order valence-electron chi connectivity index (χ1n) is 7.40. The summed E-state index contributed by atoms with van der Waals surface area (Å²) in [4.78, 5) is 0. The van der Waals surface area contributed by atoms with Crippen LogP contribution in [0.2, 0.25) is 0 Å². The van der Waals surface area contributed by atoms with E-state index in [0.29, 0.717) is 17.4 Å². The molecule has 1 fully saturated rings. The van der Waals surface area contributed by atoms with Crippen LogP contribution >= 0.6 is 0 Å². The van der Waals surface area contributed by atoms with E-state index in [1.54, 1.807) is 19.2 Å². The Morgan fingerprint density at radius 3 is 2.62 bits per heavy atom. The highest BCUT2D eigenvalue weighted by Gasteiger charge is 2.21. The molecule has 0 atom stereocenters. The molecule has 0 amide bonds. The fourth-order valence-corrected chi connectivity index (χ4v) is 4.27. The molecule has 1 saturated carbocycles. The number of benzene rings is 1. The van der Waals surface area contributed by atoms with Crippen molar-refractivity contribution >= 4 is 15.7 Å². The Bertz CT molecular complexity index is 566. The minimum Gasteiger partial charge on any atom is -0.495 e. The van der Waals surface area contributed by atoms with Crippen molar-refractivity contribution in [1.82, 2.24) is 4.72 Å². The van der Waals surface area contributed by atoms with Crippen LogP contribution in [0.5, 0.6) is 5.75 Å². The largest absolute Gasteiger partial charge is 0.495 e. The molecule has 1 aliphatic carbocycles. The van der Waals surface area contributed by atoms with Gasteiger partial charge < -0.3 is 10.5 Å². The molecular weight excluding hydrogens is 288 g/mol. The lowest BCUT2D eigenvalue weighted by Crippen LogP contribution is -2.30. The summed E-state index contributed by atoms with van der Waals surface area (Å²) in [7, 11) is -1.68. The van der Waals surface area contributed by atoms with Crippen LogP contribution in [0.3, 0.4) is 0 Å². The lowest BCUT2D eigenvalue weighted by molar-refractivity contribution is 0.384. The van der Waals surface area contributed by atoms with Crippen molar-refractivity contribution in [1.29, 1.82) is 0 Å². The Labute approximate surface area is 126 Å². The molecule has 0 radical (unpaired) electrons. The van der Waals surface area contributed by atoms with Gasteiger partial charge in [0.2, 0.25) is 10.0 Å². The molecule has 5 nitrogen and oxygen atoms in total. The SMILES string of the molecule is COc1ccc(CNS(=O)(=O)CC2CCCCC2)cc1N. The third-order valence-corrected chi connectivity index (χ3v) is 5.46. The van der Waals surface area contributed by atoms with Gasteiger partial charge in [0.1, 0.15) is 5.75 Å². The maximum Gasteiger partial charge on any atom is 0.212 e. The molecule has 1 aliphatic rings. The van der Waals surface area contributed by atoms with Crippen LogP contribution in [0.25, 0.3) is 0 Å². The van der Waals surface area contributed by atoms with Gasteiger partial charge in [0.15, 0.2) is 0 Å². The Morgan fingerprint density at radius 2 is 2.00 bits per heavy atom. The first-order chi connectivity index (χ1) is 10.00. The van der Waals surface area contributed by atoms with Gasteiger partial charge in [0.05, 0.1) is 18.6 Å². The molecule has 0 unspecified atom stereocenters. The van der Waals surface area contributed by atoms with Crippen molar-refractivity contribution in [3.63, 3.8) is 0 Å². The average molecular weight is 312 g/mol. The fourth-order valence-electron chi connectivity index (χ4n) is 2.81. The number of hydrogen-bond donors (Lipinski definition) is 2. The summed E-state index contributed by atoms with van der Waals surface area (Å²) in [6.07, 6.45) is 5.58. The zero-order chi connectivity index (χ0) is 15.3. The summed E-state index contributed by atoms with van der Waals surface area (Å²) in [5.41, 5.74) is 7.17. The Balaban J connectivity index is 1.90. The van der Waals surface area contributed by atoms with Gasteiger partial charge in [0.25, 0.3) is 0 Å². The molecule has 0 spiro atoms. The standard InChI is InChI=1S/C15H24N2O3S/c1-20-15-8-7-13(9-14(15)16)10-17-21(18,19)11-12-5-3-2-4-6-12/h7-9,12,17H,2-6,10-11,16H2,1H3. The minimum absolute atomic E-state index is 0.235. The van der Waals surface area contributed by atoms with Gasteiger partial charge in [-0.15, -0.1) is 0 Å². The zero-order valence-corrected chi connectivity index (χ0v) is 13.3. The second-order valence-corrected chi connectivity index (χ2v) is 7.53. The van der Waals surface area contributed by atoms with Gasteiger partial charge in [-0.2, -0.15) is 0 Å². The Hall–Kier alpha value is -1.27. The number of sulfonamides is 1. The van der Waals surface area contributed by atoms with Crippen molar-refractivity contribution in [3.05, 3.63) is 23.8 Å². The quantitative estimate of drug-likeness (QED) is 0.790. The molecule has 0 aliphatic heterocycles. The third-order valence-electron chi connectivity index (χ3n) is 3.97. The predicted octanol–water partition coefficient (Wildman–Crippen LogP) is 2.28. The Morgan fingerprint density at radius 1 is 1.29 bits per heavy atom. The molecule has 118 valence electrons. The first-order valence-corrected chi connectivity index (χ1v) is 9.05.